The minimum atomic E-state index is -0.161. The molecule has 5 heteroatoms. The van der Waals surface area contributed by atoms with E-state index in [2.05, 4.69) is 10.2 Å². The van der Waals surface area contributed by atoms with Gasteiger partial charge in [0.25, 0.3) is 0 Å². The summed E-state index contributed by atoms with van der Waals surface area (Å²) in [5.41, 5.74) is 1.74. The number of hydrogen-bond donors (Lipinski definition) is 1. The molecule has 138 valence electrons. The van der Waals surface area contributed by atoms with Gasteiger partial charge in [-0.2, -0.15) is 0 Å². The fourth-order valence-electron chi connectivity index (χ4n) is 3.34. The molecule has 0 radical (unpaired) electrons. The lowest BCUT2D eigenvalue weighted by atomic mass is 9.95. The first kappa shape index (κ1) is 18.4. The summed E-state index contributed by atoms with van der Waals surface area (Å²) in [5, 5.41) is 3.02. The van der Waals surface area contributed by atoms with Crippen molar-refractivity contribution in [2.24, 2.45) is 5.92 Å². The van der Waals surface area contributed by atoms with Gasteiger partial charge in [-0.05, 0) is 49.7 Å². The molecule has 1 aliphatic heterocycles. The molecule has 0 aromatic heterocycles. The molecule has 0 aliphatic carbocycles. The van der Waals surface area contributed by atoms with Crippen LogP contribution in [0.2, 0.25) is 0 Å². The van der Waals surface area contributed by atoms with Crippen LogP contribution in [0.25, 0.3) is 0 Å². The Labute approximate surface area is 154 Å². The first-order valence-corrected chi connectivity index (χ1v) is 9.02. The van der Waals surface area contributed by atoms with Gasteiger partial charge in [0, 0.05) is 24.6 Å². The third-order valence-electron chi connectivity index (χ3n) is 4.91. The normalized spacial score (nSPS) is 15.6. The number of carbonyl (C=O) groups is 1. The van der Waals surface area contributed by atoms with Crippen LogP contribution in [0.5, 0.6) is 5.75 Å². The number of hydrogen-bond acceptors (Lipinski definition) is 3. The molecule has 4 nitrogen and oxygen atoms in total. The number of nitrogens with one attached hydrogen (secondary N) is 1. The van der Waals surface area contributed by atoms with Gasteiger partial charge < -0.3 is 10.1 Å². The number of nitrogens with zero attached hydrogens (tertiary/aromatic N) is 1. The Kier molecular flexibility index (Phi) is 6.23. The van der Waals surface area contributed by atoms with Crippen molar-refractivity contribution in [3.8, 4) is 5.75 Å². The van der Waals surface area contributed by atoms with Crippen molar-refractivity contribution in [1.29, 1.82) is 0 Å². The number of carbonyl (C=O) groups excluding carboxylic acids is 1. The highest BCUT2D eigenvalue weighted by Gasteiger charge is 2.25. The van der Waals surface area contributed by atoms with Crippen molar-refractivity contribution in [2.45, 2.75) is 25.9 Å². The van der Waals surface area contributed by atoms with Crippen LogP contribution in [0, 0.1) is 11.7 Å². The molecule has 26 heavy (non-hydrogen) atoms. The average Bonchev–Trinajstić information content (AvgIpc) is 2.68. The number of piperidine rings is 1. The van der Waals surface area contributed by atoms with Crippen LogP contribution >= 0.6 is 0 Å². The Morgan fingerprint density at radius 2 is 1.96 bits per heavy atom. The van der Waals surface area contributed by atoms with Gasteiger partial charge in [0.1, 0.15) is 11.6 Å². The van der Waals surface area contributed by atoms with Gasteiger partial charge in [0.05, 0.1) is 7.11 Å². The number of amides is 1. The smallest absolute Gasteiger partial charge is 0.223 e. The van der Waals surface area contributed by atoms with E-state index < -0.39 is 0 Å². The monoisotopic (exact) mass is 356 g/mol. The first-order valence-electron chi connectivity index (χ1n) is 9.02. The number of benzene rings is 2. The van der Waals surface area contributed by atoms with Gasteiger partial charge >= 0.3 is 0 Å². The molecule has 1 amide bonds. The van der Waals surface area contributed by atoms with Gasteiger partial charge in [-0.3, -0.25) is 9.69 Å². The van der Waals surface area contributed by atoms with Crippen molar-refractivity contribution in [3.05, 3.63) is 65.5 Å². The highest BCUT2D eigenvalue weighted by atomic mass is 19.1. The highest BCUT2D eigenvalue weighted by Crippen LogP contribution is 2.20. The predicted molar refractivity (Wildman–Crippen MR) is 99.2 cm³/mol. The summed E-state index contributed by atoms with van der Waals surface area (Å²) in [6, 6.07) is 14.6. The third-order valence-corrected chi connectivity index (χ3v) is 4.91. The predicted octanol–water partition coefficient (Wildman–Crippen LogP) is 3.36. The molecule has 2 aromatic rings. The first-order chi connectivity index (χ1) is 12.7. The summed E-state index contributed by atoms with van der Waals surface area (Å²) in [4.78, 5) is 14.6. The largest absolute Gasteiger partial charge is 0.497 e. The standard InChI is InChI=1S/C21H25FN2O2/c1-26-19-7-4-5-16(13-19)14-23-21(25)17-9-11-24(12-10-17)15-18-6-2-3-8-20(18)22/h2-8,13,17H,9-12,14-15H2,1H3,(H,23,25). The summed E-state index contributed by atoms with van der Waals surface area (Å²) in [6.07, 6.45) is 1.61. The molecule has 1 N–H and O–H groups in total. The van der Waals surface area contributed by atoms with E-state index in [1.807, 2.05) is 36.4 Å². The Hall–Kier alpha value is -2.40. The van der Waals surface area contributed by atoms with E-state index in [1.54, 1.807) is 13.2 Å². The maximum Gasteiger partial charge on any atom is 0.223 e. The molecule has 1 heterocycles. The fraction of sp³-hybridized carbons (Fsp3) is 0.381. The maximum atomic E-state index is 13.8. The Morgan fingerprint density at radius 1 is 1.19 bits per heavy atom. The SMILES string of the molecule is COc1cccc(CNC(=O)C2CCN(Cc3ccccc3F)CC2)c1. The summed E-state index contributed by atoms with van der Waals surface area (Å²) >= 11 is 0. The lowest BCUT2D eigenvalue weighted by Crippen LogP contribution is -2.40. The minimum absolute atomic E-state index is 0.0254. The number of halogens is 1. The Balaban J connectivity index is 1.45. The molecule has 0 unspecified atom stereocenters. The maximum absolute atomic E-state index is 13.8. The molecular weight excluding hydrogens is 331 g/mol. The van der Waals surface area contributed by atoms with E-state index in [0.29, 0.717) is 18.7 Å². The van der Waals surface area contributed by atoms with Gasteiger partial charge in [0.2, 0.25) is 5.91 Å². The van der Waals surface area contributed by atoms with Crippen LogP contribution in [0.4, 0.5) is 4.39 Å². The Bertz CT molecular complexity index is 742. The van der Waals surface area contributed by atoms with Gasteiger partial charge in [-0.15, -0.1) is 0 Å². The molecule has 3 rings (SSSR count). The topological polar surface area (TPSA) is 41.6 Å². The van der Waals surface area contributed by atoms with E-state index in [4.69, 9.17) is 4.74 Å². The summed E-state index contributed by atoms with van der Waals surface area (Å²) in [7, 11) is 1.63. The molecule has 1 saturated heterocycles. The second kappa shape index (κ2) is 8.81. The average molecular weight is 356 g/mol. The second-order valence-corrected chi connectivity index (χ2v) is 6.71. The molecule has 1 aliphatic rings. The lowest BCUT2D eigenvalue weighted by Gasteiger charge is -2.31. The van der Waals surface area contributed by atoms with Crippen LogP contribution < -0.4 is 10.1 Å². The van der Waals surface area contributed by atoms with Crippen molar-refractivity contribution in [3.63, 3.8) is 0 Å². The molecular formula is C21H25FN2O2. The minimum Gasteiger partial charge on any atom is -0.497 e. The molecule has 0 atom stereocenters. The van der Waals surface area contributed by atoms with E-state index in [9.17, 15) is 9.18 Å². The van der Waals surface area contributed by atoms with E-state index in [1.165, 1.54) is 6.07 Å². The van der Waals surface area contributed by atoms with E-state index >= 15 is 0 Å². The summed E-state index contributed by atoms with van der Waals surface area (Å²) < 4.78 is 19.0. The molecule has 0 saturated carbocycles. The van der Waals surface area contributed by atoms with Crippen molar-refractivity contribution < 1.29 is 13.9 Å². The quantitative estimate of drug-likeness (QED) is 0.863. The third kappa shape index (κ3) is 4.82. The Morgan fingerprint density at radius 3 is 2.69 bits per heavy atom. The second-order valence-electron chi connectivity index (χ2n) is 6.71. The van der Waals surface area contributed by atoms with Crippen molar-refractivity contribution in [1.82, 2.24) is 10.2 Å². The zero-order chi connectivity index (χ0) is 18.4. The van der Waals surface area contributed by atoms with E-state index in [0.717, 1.165) is 37.2 Å². The van der Waals surface area contributed by atoms with Gasteiger partial charge in [0.15, 0.2) is 0 Å². The zero-order valence-corrected chi connectivity index (χ0v) is 15.1. The van der Waals surface area contributed by atoms with Crippen LogP contribution in [0.15, 0.2) is 48.5 Å². The number of rotatable bonds is 6. The van der Waals surface area contributed by atoms with Crippen LogP contribution in [0.3, 0.4) is 0 Å². The zero-order valence-electron chi connectivity index (χ0n) is 15.1. The number of ether oxygens (including phenoxy) is 1. The number of likely N-dealkylation sites (tertiary alicyclic amines) is 1. The fourth-order valence-corrected chi connectivity index (χ4v) is 3.34. The van der Waals surface area contributed by atoms with Crippen molar-refractivity contribution >= 4 is 5.91 Å². The molecule has 2 aromatic carbocycles. The molecule has 0 spiro atoms. The summed E-state index contributed by atoms with van der Waals surface area (Å²) in [6.45, 7) is 2.73. The van der Waals surface area contributed by atoms with Crippen LogP contribution in [-0.2, 0) is 17.9 Å². The molecule has 1 fully saturated rings. The van der Waals surface area contributed by atoms with E-state index in [-0.39, 0.29) is 17.6 Å². The highest BCUT2D eigenvalue weighted by molar-refractivity contribution is 5.78. The molecule has 0 bridgehead atoms. The van der Waals surface area contributed by atoms with Crippen LogP contribution in [-0.4, -0.2) is 31.0 Å². The summed E-state index contributed by atoms with van der Waals surface area (Å²) in [5.74, 6) is 0.750. The van der Waals surface area contributed by atoms with Gasteiger partial charge in [-0.25, -0.2) is 4.39 Å². The van der Waals surface area contributed by atoms with Gasteiger partial charge in [-0.1, -0.05) is 30.3 Å². The van der Waals surface area contributed by atoms with Crippen LogP contribution in [0.1, 0.15) is 24.0 Å². The number of methoxy groups -OCH3 is 1. The van der Waals surface area contributed by atoms with Crippen molar-refractivity contribution in [2.75, 3.05) is 20.2 Å². The lowest BCUT2D eigenvalue weighted by molar-refractivity contribution is -0.126.